The molecule has 3 atom stereocenters. The molecule has 2 amide bonds. The lowest BCUT2D eigenvalue weighted by Gasteiger charge is -2.29. The molecule has 2 saturated heterocycles. The van der Waals surface area contributed by atoms with Gasteiger partial charge in [0.2, 0.25) is 5.91 Å². The topological polar surface area (TPSA) is 68.3 Å². The molecular weight excluding hydrogens is 420 g/mol. The van der Waals surface area contributed by atoms with Crippen molar-refractivity contribution in [2.45, 2.75) is 19.1 Å². The molecule has 2 aliphatic rings. The van der Waals surface area contributed by atoms with Crippen molar-refractivity contribution in [2.75, 3.05) is 24.2 Å². The molecule has 168 valence electrons. The van der Waals surface area contributed by atoms with Gasteiger partial charge < -0.3 is 9.47 Å². The minimum absolute atomic E-state index is 0.285. The minimum atomic E-state index is -0.919. The number of carbonyl (C=O) groups is 2. The van der Waals surface area contributed by atoms with Crippen LogP contribution in [-0.4, -0.2) is 32.1 Å². The van der Waals surface area contributed by atoms with E-state index < -0.39 is 18.1 Å². The number of amides is 2. The Morgan fingerprint density at radius 2 is 1.48 bits per heavy atom. The van der Waals surface area contributed by atoms with E-state index in [1.165, 1.54) is 4.90 Å². The maximum Gasteiger partial charge on any atom is 0.266 e. The highest BCUT2D eigenvalue weighted by molar-refractivity contribution is 6.23. The van der Waals surface area contributed by atoms with Gasteiger partial charge in [0.25, 0.3) is 5.91 Å². The Balaban J connectivity index is 1.60. The number of hydrogen-bond donors (Lipinski definition) is 0. The Morgan fingerprint density at radius 1 is 0.788 bits per heavy atom. The number of ether oxygens (including phenoxy) is 2. The van der Waals surface area contributed by atoms with E-state index in [1.54, 1.807) is 37.5 Å². The SMILES string of the molecule is COc1ccc(C2C3C(=O)N(c4ccc(C)cc4)C(=O)C3ON2c2ccccc2)cc1OC. The lowest BCUT2D eigenvalue weighted by atomic mass is 9.90. The average Bonchev–Trinajstić information content (AvgIpc) is 3.36. The fourth-order valence-electron chi connectivity index (χ4n) is 4.54. The quantitative estimate of drug-likeness (QED) is 0.553. The van der Waals surface area contributed by atoms with Crippen molar-refractivity contribution in [1.29, 1.82) is 0 Å². The third-order valence-electron chi connectivity index (χ3n) is 6.17. The van der Waals surface area contributed by atoms with Crippen molar-refractivity contribution < 1.29 is 23.9 Å². The van der Waals surface area contributed by atoms with Gasteiger partial charge in [-0.05, 0) is 48.9 Å². The number of hydrogen-bond acceptors (Lipinski definition) is 6. The van der Waals surface area contributed by atoms with Crippen LogP contribution in [0, 0.1) is 12.8 Å². The normalized spacial score (nSPS) is 22.0. The Morgan fingerprint density at radius 3 is 2.15 bits per heavy atom. The molecule has 0 aromatic heterocycles. The second-order valence-corrected chi connectivity index (χ2v) is 8.12. The summed E-state index contributed by atoms with van der Waals surface area (Å²) in [4.78, 5) is 34.4. The van der Waals surface area contributed by atoms with E-state index in [2.05, 4.69) is 0 Å². The number of anilines is 2. The summed E-state index contributed by atoms with van der Waals surface area (Å²) in [6.45, 7) is 1.96. The predicted octanol–water partition coefficient (Wildman–Crippen LogP) is 4.06. The van der Waals surface area contributed by atoms with Crippen molar-refractivity contribution in [3.63, 3.8) is 0 Å². The molecule has 0 spiro atoms. The number of benzene rings is 3. The Hall–Kier alpha value is -3.84. The highest BCUT2D eigenvalue weighted by Crippen LogP contribution is 2.48. The Labute approximate surface area is 192 Å². The van der Waals surface area contributed by atoms with Crippen molar-refractivity contribution in [3.8, 4) is 11.5 Å². The monoisotopic (exact) mass is 444 g/mol. The summed E-state index contributed by atoms with van der Waals surface area (Å²) in [5, 5.41) is 1.67. The number of methoxy groups -OCH3 is 2. The molecule has 0 N–H and O–H groups in total. The third-order valence-corrected chi connectivity index (χ3v) is 6.17. The van der Waals surface area contributed by atoms with Crippen molar-refractivity contribution in [1.82, 2.24) is 0 Å². The molecule has 33 heavy (non-hydrogen) atoms. The van der Waals surface area contributed by atoms with Crippen LogP contribution in [0.1, 0.15) is 17.2 Å². The molecule has 7 heteroatoms. The van der Waals surface area contributed by atoms with Crippen molar-refractivity contribution >= 4 is 23.2 Å². The molecule has 5 rings (SSSR count). The van der Waals surface area contributed by atoms with Crippen molar-refractivity contribution in [3.05, 3.63) is 83.9 Å². The molecule has 3 aromatic carbocycles. The summed E-state index contributed by atoms with van der Waals surface area (Å²) >= 11 is 0. The maximum absolute atomic E-state index is 13.7. The van der Waals surface area contributed by atoms with E-state index in [0.29, 0.717) is 17.2 Å². The van der Waals surface area contributed by atoms with Crippen LogP contribution in [0.4, 0.5) is 11.4 Å². The first-order valence-electron chi connectivity index (χ1n) is 10.7. The molecule has 0 saturated carbocycles. The van der Waals surface area contributed by atoms with E-state index in [0.717, 1.165) is 16.8 Å². The molecule has 0 radical (unpaired) electrons. The summed E-state index contributed by atoms with van der Waals surface area (Å²) in [7, 11) is 3.13. The zero-order chi connectivity index (χ0) is 23.1. The summed E-state index contributed by atoms with van der Waals surface area (Å²) in [6, 6.07) is 21.8. The zero-order valence-corrected chi connectivity index (χ0v) is 18.6. The minimum Gasteiger partial charge on any atom is -0.493 e. The summed E-state index contributed by atoms with van der Waals surface area (Å²) in [5.74, 6) is -0.237. The number of imide groups is 1. The number of rotatable bonds is 5. The van der Waals surface area contributed by atoms with Gasteiger partial charge in [0.1, 0.15) is 5.92 Å². The molecule has 2 fully saturated rings. The second kappa shape index (κ2) is 8.26. The number of carbonyl (C=O) groups excluding carboxylic acids is 2. The molecule has 7 nitrogen and oxygen atoms in total. The number of para-hydroxylation sites is 1. The van der Waals surface area contributed by atoms with Gasteiger partial charge in [-0.3, -0.25) is 14.4 Å². The van der Waals surface area contributed by atoms with E-state index in [-0.39, 0.29) is 11.8 Å². The first-order chi connectivity index (χ1) is 16.0. The van der Waals surface area contributed by atoms with Crippen LogP contribution in [0.25, 0.3) is 0 Å². The average molecular weight is 444 g/mol. The van der Waals surface area contributed by atoms with Crippen LogP contribution in [-0.2, 0) is 14.4 Å². The van der Waals surface area contributed by atoms with Gasteiger partial charge in [-0.15, -0.1) is 0 Å². The Kier molecular flexibility index (Phi) is 5.26. The highest BCUT2D eigenvalue weighted by atomic mass is 16.7. The lowest BCUT2D eigenvalue weighted by molar-refractivity contribution is -0.126. The van der Waals surface area contributed by atoms with Gasteiger partial charge >= 0.3 is 0 Å². The predicted molar refractivity (Wildman–Crippen MR) is 123 cm³/mol. The van der Waals surface area contributed by atoms with Crippen LogP contribution in [0.5, 0.6) is 11.5 Å². The van der Waals surface area contributed by atoms with Gasteiger partial charge in [-0.2, -0.15) is 0 Å². The van der Waals surface area contributed by atoms with Crippen molar-refractivity contribution in [2.24, 2.45) is 5.92 Å². The van der Waals surface area contributed by atoms with Gasteiger partial charge in [0, 0.05) is 0 Å². The number of aryl methyl sites for hydroxylation is 1. The van der Waals surface area contributed by atoms with Gasteiger partial charge in [-0.1, -0.05) is 42.0 Å². The molecule has 3 aromatic rings. The molecule has 2 aliphatic heterocycles. The van der Waals surface area contributed by atoms with Gasteiger partial charge in [-0.25, -0.2) is 9.96 Å². The van der Waals surface area contributed by atoms with E-state index >= 15 is 0 Å². The zero-order valence-electron chi connectivity index (χ0n) is 18.6. The van der Waals surface area contributed by atoms with Crippen LogP contribution in [0.15, 0.2) is 72.8 Å². The number of fused-ring (bicyclic) bond motifs is 1. The van der Waals surface area contributed by atoms with Crippen LogP contribution in [0.3, 0.4) is 0 Å². The highest BCUT2D eigenvalue weighted by Gasteiger charge is 2.60. The van der Waals surface area contributed by atoms with Gasteiger partial charge in [0.05, 0.1) is 31.6 Å². The fraction of sp³-hybridized carbons (Fsp3) is 0.231. The number of hydroxylamine groups is 1. The first-order valence-corrected chi connectivity index (χ1v) is 10.7. The van der Waals surface area contributed by atoms with E-state index in [1.807, 2.05) is 61.5 Å². The maximum atomic E-state index is 13.7. The van der Waals surface area contributed by atoms with E-state index in [4.69, 9.17) is 14.3 Å². The fourth-order valence-corrected chi connectivity index (χ4v) is 4.54. The van der Waals surface area contributed by atoms with Crippen LogP contribution < -0.4 is 19.4 Å². The first kappa shape index (κ1) is 21.0. The molecule has 2 heterocycles. The lowest BCUT2D eigenvalue weighted by Crippen LogP contribution is -2.37. The largest absolute Gasteiger partial charge is 0.493 e. The van der Waals surface area contributed by atoms with Crippen LogP contribution in [0.2, 0.25) is 0 Å². The standard InChI is InChI=1S/C26H24N2O5/c1-16-9-12-18(13-10-16)27-25(29)22-23(17-11-14-20(31-2)21(15-17)32-3)28(33-24(22)26(27)30)19-7-5-4-6-8-19/h4-15,22-24H,1-3H3. The molecule has 0 bridgehead atoms. The summed E-state index contributed by atoms with van der Waals surface area (Å²) in [5.41, 5.74) is 3.14. The molecule has 0 aliphatic carbocycles. The van der Waals surface area contributed by atoms with Crippen LogP contribution >= 0.6 is 0 Å². The van der Waals surface area contributed by atoms with Gasteiger partial charge in [0.15, 0.2) is 17.6 Å². The number of nitrogens with zero attached hydrogens (tertiary/aromatic N) is 2. The molecular formula is C26H24N2O5. The van der Waals surface area contributed by atoms with E-state index in [9.17, 15) is 9.59 Å². The summed E-state index contributed by atoms with van der Waals surface area (Å²) in [6.07, 6.45) is -0.919. The second-order valence-electron chi connectivity index (χ2n) is 8.12. The molecule has 3 unspecified atom stereocenters. The third kappa shape index (κ3) is 3.41. The Bertz CT molecular complexity index is 1200. The smallest absolute Gasteiger partial charge is 0.266 e. The summed E-state index contributed by atoms with van der Waals surface area (Å²) < 4.78 is 10.9.